The zero-order valence-electron chi connectivity index (χ0n) is 9.60. The summed E-state index contributed by atoms with van der Waals surface area (Å²) in [6.07, 6.45) is -0.864. The molecular weight excluding hydrogens is 216 g/mol. The number of ether oxygens (including phenoxy) is 4. The number of hydrogen-bond donors (Lipinski definition) is 0. The quantitative estimate of drug-likeness (QED) is 0.647. The summed E-state index contributed by atoms with van der Waals surface area (Å²) >= 11 is 0. The van der Waals surface area contributed by atoms with E-state index in [9.17, 15) is 9.59 Å². The van der Waals surface area contributed by atoms with E-state index in [1.807, 2.05) is 0 Å². The summed E-state index contributed by atoms with van der Waals surface area (Å²) in [7, 11) is 1.47. The van der Waals surface area contributed by atoms with Crippen molar-refractivity contribution in [2.45, 2.75) is 38.8 Å². The van der Waals surface area contributed by atoms with Crippen LogP contribution in [-0.4, -0.2) is 44.2 Å². The Morgan fingerprint density at radius 2 is 2.00 bits per heavy atom. The minimum absolute atomic E-state index is 0.146. The first-order chi connectivity index (χ1) is 7.52. The van der Waals surface area contributed by atoms with E-state index in [0.29, 0.717) is 6.42 Å². The van der Waals surface area contributed by atoms with Gasteiger partial charge < -0.3 is 18.9 Å². The molecule has 0 amide bonds. The van der Waals surface area contributed by atoms with Crippen molar-refractivity contribution in [3.63, 3.8) is 0 Å². The summed E-state index contributed by atoms with van der Waals surface area (Å²) in [6, 6.07) is 0. The normalized spacial score (nSPS) is 28.8. The van der Waals surface area contributed by atoms with E-state index in [4.69, 9.17) is 18.9 Å². The van der Waals surface area contributed by atoms with Crippen LogP contribution in [0.4, 0.5) is 0 Å². The van der Waals surface area contributed by atoms with E-state index < -0.39 is 12.4 Å². The van der Waals surface area contributed by atoms with Crippen molar-refractivity contribution in [3.05, 3.63) is 0 Å². The van der Waals surface area contributed by atoms with Crippen LogP contribution in [0.2, 0.25) is 0 Å². The average Bonchev–Trinajstić information content (AvgIpc) is 2.56. The van der Waals surface area contributed by atoms with E-state index in [1.54, 1.807) is 0 Å². The smallest absolute Gasteiger partial charge is 0.303 e. The molecule has 0 aliphatic carbocycles. The minimum Gasteiger partial charge on any atom is -0.463 e. The van der Waals surface area contributed by atoms with Crippen LogP contribution in [0, 0.1) is 0 Å². The maximum absolute atomic E-state index is 10.8. The summed E-state index contributed by atoms with van der Waals surface area (Å²) in [6.45, 7) is 2.80. The van der Waals surface area contributed by atoms with E-state index in [2.05, 4.69) is 0 Å². The standard InChI is InChI=1S/C10H16O6/c1-6(11)14-5-8-4-9(15-7(2)12)10(13-3)16-8/h8-10H,4-5H2,1-3H3/t8-,9-,10-/m1/s1. The molecule has 0 aromatic carbocycles. The van der Waals surface area contributed by atoms with Crippen molar-refractivity contribution in [2.24, 2.45) is 0 Å². The first-order valence-electron chi connectivity index (χ1n) is 5.01. The SMILES string of the molecule is CO[C@@H]1O[C@@H](COC(C)=O)C[C@H]1OC(C)=O. The summed E-state index contributed by atoms with van der Waals surface area (Å²) < 4.78 is 20.3. The van der Waals surface area contributed by atoms with Crippen molar-refractivity contribution < 1.29 is 28.5 Å². The first-order valence-corrected chi connectivity index (χ1v) is 5.01. The summed E-state index contributed by atoms with van der Waals surface area (Å²) in [5.41, 5.74) is 0. The molecule has 1 aliphatic rings. The van der Waals surface area contributed by atoms with Crippen molar-refractivity contribution in [1.82, 2.24) is 0 Å². The molecule has 0 aromatic rings. The van der Waals surface area contributed by atoms with Gasteiger partial charge in [-0.25, -0.2) is 0 Å². The molecule has 6 nitrogen and oxygen atoms in total. The van der Waals surface area contributed by atoms with Crippen LogP contribution in [-0.2, 0) is 28.5 Å². The van der Waals surface area contributed by atoms with Crippen LogP contribution in [0.1, 0.15) is 20.3 Å². The molecule has 0 spiro atoms. The van der Waals surface area contributed by atoms with Crippen molar-refractivity contribution in [2.75, 3.05) is 13.7 Å². The predicted molar refractivity (Wildman–Crippen MR) is 52.5 cm³/mol. The first kappa shape index (κ1) is 12.9. The molecule has 92 valence electrons. The molecule has 0 N–H and O–H groups in total. The summed E-state index contributed by atoms with van der Waals surface area (Å²) in [5.74, 6) is -0.753. The van der Waals surface area contributed by atoms with E-state index >= 15 is 0 Å². The Balaban J connectivity index is 2.42. The number of methoxy groups -OCH3 is 1. The molecule has 16 heavy (non-hydrogen) atoms. The highest BCUT2D eigenvalue weighted by Crippen LogP contribution is 2.24. The molecule has 3 atom stereocenters. The molecule has 1 saturated heterocycles. The van der Waals surface area contributed by atoms with Crippen molar-refractivity contribution >= 4 is 11.9 Å². The van der Waals surface area contributed by atoms with Gasteiger partial charge in [-0.15, -0.1) is 0 Å². The predicted octanol–water partition coefficient (Wildman–Crippen LogP) is 0.243. The Morgan fingerprint density at radius 1 is 1.31 bits per heavy atom. The van der Waals surface area contributed by atoms with Crippen LogP contribution >= 0.6 is 0 Å². The molecule has 0 saturated carbocycles. The van der Waals surface area contributed by atoms with Gasteiger partial charge in [0.1, 0.15) is 6.61 Å². The molecular formula is C10H16O6. The van der Waals surface area contributed by atoms with Gasteiger partial charge >= 0.3 is 11.9 Å². The number of rotatable bonds is 4. The van der Waals surface area contributed by atoms with Crippen LogP contribution in [0.3, 0.4) is 0 Å². The van der Waals surface area contributed by atoms with Crippen LogP contribution < -0.4 is 0 Å². The molecule has 0 bridgehead atoms. The highest BCUT2D eigenvalue weighted by atomic mass is 16.7. The van der Waals surface area contributed by atoms with Crippen LogP contribution in [0.5, 0.6) is 0 Å². The van der Waals surface area contributed by atoms with Crippen LogP contribution in [0.25, 0.3) is 0 Å². The molecule has 0 radical (unpaired) electrons. The Morgan fingerprint density at radius 3 is 2.50 bits per heavy atom. The highest BCUT2D eigenvalue weighted by Gasteiger charge is 2.38. The zero-order chi connectivity index (χ0) is 12.1. The Bertz CT molecular complexity index is 264. The molecule has 1 heterocycles. The Hall–Kier alpha value is -1.14. The third-order valence-corrected chi connectivity index (χ3v) is 2.15. The van der Waals surface area contributed by atoms with E-state index in [0.717, 1.165) is 0 Å². The fourth-order valence-electron chi connectivity index (χ4n) is 1.54. The Kier molecular flexibility index (Phi) is 4.70. The van der Waals surface area contributed by atoms with E-state index in [1.165, 1.54) is 21.0 Å². The average molecular weight is 232 g/mol. The number of esters is 2. The number of carbonyl (C=O) groups excluding carboxylic acids is 2. The molecule has 0 unspecified atom stereocenters. The third-order valence-electron chi connectivity index (χ3n) is 2.15. The highest BCUT2D eigenvalue weighted by molar-refractivity contribution is 5.66. The lowest BCUT2D eigenvalue weighted by atomic mass is 10.2. The lowest BCUT2D eigenvalue weighted by Crippen LogP contribution is -2.27. The third kappa shape index (κ3) is 3.79. The van der Waals surface area contributed by atoms with E-state index in [-0.39, 0.29) is 24.6 Å². The topological polar surface area (TPSA) is 71.1 Å². The lowest BCUT2D eigenvalue weighted by molar-refractivity contribution is -0.179. The minimum atomic E-state index is -0.593. The van der Waals surface area contributed by atoms with Gasteiger partial charge in [0.25, 0.3) is 0 Å². The Labute approximate surface area is 93.8 Å². The number of hydrogen-bond acceptors (Lipinski definition) is 6. The van der Waals surface area contributed by atoms with Gasteiger partial charge in [0.15, 0.2) is 12.4 Å². The van der Waals surface area contributed by atoms with Crippen molar-refractivity contribution in [3.8, 4) is 0 Å². The monoisotopic (exact) mass is 232 g/mol. The largest absolute Gasteiger partial charge is 0.463 e. The van der Waals surface area contributed by atoms with Gasteiger partial charge in [0.2, 0.25) is 0 Å². The maximum Gasteiger partial charge on any atom is 0.303 e. The molecule has 1 rings (SSSR count). The van der Waals surface area contributed by atoms with Gasteiger partial charge in [0.05, 0.1) is 6.10 Å². The molecule has 6 heteroatoms. The van der Waals surface area contributed by atoms with Gasteiger partial charge in [-0.1, -0.05) is 0 Å². The second-order valence-corrected chi connectivity index (χ2v) is 3.55. The fourth-order valence-corrected chi connectivity index (χ4v) is 1.54. The van der Waals surface area contributed by atoms with Gasteiger partial charge in [0, 0.05) is 27.4 Å². The second kappa shape index (κ2) is 5.81. The maximum atomic E-state index is 10.8. The van der Waals surface area contributed by atoms with Gasteiger partial charge in [-0.2, -0.15) is 0 Å². The zero-order valence-corrected chi connectivity index (χ0v) is 9.60. The lowest BCUT2D eigenvalue weighted by Gasteiger charge is -2.15. The van der Waals surface area contributed by atoms with Crippen LogP contribution in [0.15, 0.2) is 0 Å². The van der Waals surface area contributed by atoms with Gasteiger partial charge in [-0.05, 0) is 0 Å². The molecule has 0 aromatic heterocycles. The second-order valence-electron chi connectivity index (χ2n) is 3.55. The fraction of sp³-hybridized carbons (Fsp3) is 0.800. The van der Waals surface area contributed by atoms with Crippen molar-refractivity contribution in [1.29, 1.82) is 0 Å². The van der Waals surface area contributed by atoms with Gasteiger partial charge in [-0.3, -0.25) is 9.59 Å². The molecule has 1 fully saturated rings. The summed E-state index contributed by atoms with van der Waals surface area (Å²) in [5, 5.41) is 0. The molecule has 1 aliphatic heterocycles. The number of carbonyl (C=O) groups is 2. The summed E-state index contributed by atoms with van der Waals surface area (Å²) in [4.78, 5) is 21.4.